The number of carbonyl (C=O) groups is 1. The molecule has 0 spiro atoms. The third-order valence-corrected chi connectivity index (χ3v) is 2.02. The van der Waals surface area contributed by atoms with Gasteiger partial charge in [0, 0.05) is 6.04 Å². The van der Waals surface area contributed by atoms with Gasteiger partial charge >= 0.3 is 5.97 Å². The Balaban J connectivity index is 2.40. The van der Waals surface area contributed by atoms with Crippen LogP contribution in [0.3, 0.4) is 0 Å². The van der Waals surface area contributed by atoms with Crippen molar-refractivity contribution in [2.24, 2.45) is 0 Å². The van der Waals surface area contributed by atoms with Crippen molar-refractivity contribution in [2.75, 3.05) is 20.3 Å². The zero-order chi connectivity index (χ0) is 8.97. The van der Waals surface area contributed by atoms with Crippen LogP contribution >= 0.6 is 0 Å². The Morgan fingerprint density at radius 1 is 1.67 bits per heavy atom. The molecule has 12 heavy (non-hydrogen) atoms. The normalized spacial score (nSPS) is 29.8. The van der Waals surface area contributed by atoms with E-state index in [2.05, 4.69) is 17.0 Å². The first kappa shape index (κ1) is 9.48. The Morgan fingerprint density at radius 2 is 2.42 bits per heavy atom. The first-order valence-corrected chi connectivity index (χ1v) is 4.19. The Hall–Kier alpha value is -0.610. The van der Waals surface area contributed by atoms with E-state index in [1.165, 1.54) is 7.11 Å². The molecule has 1 fully saturated rings. The summed E-state index contributed by atoms with van der Waals surface area (Å²) in [5, 5.41) is 3.15. The molecule has 4 heteroatoms. The summed E-state index contributed by atoms with van der Waals surface area (Å²) in [5.41, 5.74) is 0. The molecule has 0 unspecified atom stereocenters. The van der Waals surface area contributed by atoms with Gasteiger partial charge in [0.25, 0.3) is 0 Å². The van der Waals surface area contributed by atoms with Gasteiger partial charge in [-0.3, -0.25) is 10.1 Å². The zero-order valence-electron chi connectivity index (χ0n) is 7.50. The topological polar surface area (TPSA) is 47.6 Å². The van der Waals surface area contributed by atoms with E-state index in [0.717, 1.165) is 6.42 Å². The van der Waals surface area contributed by atoms with Crippen LogP contribution in [0.4, 0.5) is 0 Å². The van der Waals surface area contributed by atoms with Crippen molar-refractivity contribution in [1.82, 2.24) is 5.32 Å². The Kier molecular flexibility index (Phi) is 3.49. The molecule has 70 valence electrons. The van der Waals surface area contributed by atoms with E-state index in [0.29, 0.717) is 13.2 Å². The van der Waals surface area contributed by atoms with Crippen molar-refractivity contribution in [3.05, 3.63) is 0 Å². The van der Waals surface area contributed by atoms with Gasteiger partial charge in [-0.15, -0.1) is 0 Å². The number of rotatable bonds is 2. The number of hydrogen-bond acceptors (Lipinski definition) is 4. The summed E-state index contributed by atoms with van der Waals surface area (Å²) in [5.74, 6) is -0.242. The minimum atomic E-state index is -0.284. The molecule has 0 aromatic rings. The average Bonchev–Trinajstić information content (AvgIpc) is 2.17. The van der Waals surface area contributed by atoms with E-state index in [1.54, 1.807) is 0 Å². The van der Waals surface area contributed by atoms with Crippen LogP contribution in [-0.4, -0.2) is 38.4 Å². The van der Waals surface area contributed by atoms with Gasteiger partial charge < -0.3 is 9.47 Å². The summed E-state index contributed by atoms with van der Waals surface area (Å²) < 4.78 is 9.85. The van der Waals surface area contributed by atoms with Gasteiger partial charge in [0.2, 0.25) is 0 Å². The highest BCUT2D eigenvalue weighted by atomic mass is 16.5. The van der Waals surface area contributed by atoms with Crippen LogP contribution in [0.1, 0.15) is 13.3 Å². The van der Waals surface area contributed by atoms with Crippen LogP contribution in [0.5, 0.6) is 0 Å². The number of carbonyl (C=O) groups excluding carboxylic acids is 1. The molecule has 1 heterocycles. The Labute approximate surface area is 72.2 Å². The fourth-order valence-corrected chi connectivity index (χ4v) is 1.22. The SMILES string of the molecule is CC[C@@H]1COC[C@H](C(=O)OC)N1. The van der Waals surface area contributed by atoms with E-state index < -0.39 is 0 Å². The third-order valence-electron chi connectivity index (χ3n) is 2.02. The molecule has 0 aromatic heterocycles. The maximum Gasteiger partial charge on any atom is 0.325 e. The summed E-state index contributed by atoms with van der Waals surface area (Å²) >= 11 is 0. The van der Waals surface area contributed by atoms with Gasteiger partial charge in [0.05, 0.1) is 20.3 Å². The van der Waals surface area contributed by atoms with Crippen LogP contribution < -0.4 is 5.32 Å². The molecule has 4 nitrogen and oxygen atoms in total. The number of esters is 1. The largest absolute Gasteiger partial charge is 0.468 e. The molecule has 0 bridgehead atoms. The summed E-state index contributed by atoms with van der Waals surface area (Å²) in [6.07, 6.45) is 0.966. The van der Waals surface area contributed by atoms with Crippen LogP contribution in [-0.2, 0) is 14.3 Å². The standard InChI is InChI=1S/C8H15NO3/c1-3-6-4-12-5-7(9-6)8(10)11-2/h6-7,9H,3-5H2,1-2H3/t6-,7-/m1/s1. The molecule has 0 aromatic carbocycles. The first-order chi connectivity index (χ1) is 5.77. The fraction of sp³-hybridized carbons (Fsp3) is 0.875. The number of ether oxygens (including phenoxy) is 2. The van der Waals surface area contributed by atoms with Crippen molar-refractivity contribution >= 4 is 5.97 Å². The molecule has 1 aliphatic heterocycles. The smallest absolute Gasteiger partial charge is 0.325 e. The van der Waals surface area contributed by atoms with Crippen molar-refractivity contribution in [2.45, 2.75) is 25.4 Å². The maximum atomic E-state index is 11.1. The lowest BCUT2D eigenvalue weighted by molar-refractivity contribution is -0.147. The van der Waals surface area contributed by atoms with Crippen LogP contribution in [0.2, 0.25) is 0 Å². The summed E-state index contributed by atoms with van der Waals surface area (Å²) in [6, 6.07) is -0.00319. The van der Waals surface area contributed by atoms with Crippen LogP contribution in [0, 0.1) is 0 Å². The molecule has 0 saturated carbocycles. The van der Waals surface area contributed by atoms with E-state index in [9.17, 15) is 4.79 Å². The van der Waals surface area contributed by atoms with Crippen molar-refractivity contribution in [3.8, 4) is 0 Å². The Bertz CT molecular complexity index is 160. The van der Waals surface area contributed by atoms with E-state index in [4.69, 9.17) is 4.74 Å². The minimum Gasteiger partial charge on any atom is -0.468 e. The van der Waals surface area contributed by atoms with Crippen molar-refractivity contribution < 1.29 is 14.3 Å². The van der Waals surface area contributed by atoms with Gasteiger partial charge in [-0.2, -0.15) is 0 Å². The monoisotopic (exact) mass is 173 g/mol. The predicted molar refractivity (Wildman–Crippen MR) is 43.8 cm³/mol. The lowest BCUT2D eigenvalue weighted by atomic mass is 10.1. The molecule has 0 aliphatic carbocycles. The van der Waals surface area contributed by atoms with Crippen molar-refractivity contribution in [1.29, 1.82) is 0 Å². The molecule has 0 amide bonds. The Morgan fingerprint density at radius 3 is 3.00 bits per heavy atom. The molecule has 1 rings (SSSR count). The highest BCUT2D eigenvalue weighted by molar-refractivity contribution is 5.75. The van der Waals surface area contributed by atoms with Gasteiger partial charge in [-0.1, -0.05) is 6.92 Å². The highest BCUT2D eigenvalue weighted by Gasteiger charge is 2.26. The molecule has 1 saturated heterocycles. The molecule has 1 N–H and O–H groups in total. The third kappa shape index (κ3) is 2.19. The van der Waals surface area contributed by atoms with Crippen molar-refractivity contribution in [3.63, 3.8) is 0 Å². The van der Waals surface area contributed by atoms with Gasteiger partial charge in [-0.25, -0.2) is 0 Å². The quantitative estimate of drug-likeness (QED) is 0.594. The number of morpholine rings is 1. The maximum absolute atomic E-state index is 11.1. The number of nitrogens with one attached hydrogen (secondary N) is 1. The van der Waals surface area contributed by atoms with Gasteiger partial charge in [0.15, 0.2) is 0 Å². The summed E-state index contributed by atoms with van der Waals surface area (Å²) in [6.45, 7) is 3.16. The molecular formula is C8H15NO3. The van der Waals surface area contributed by atoms with E-state index in [-0.39, 0.29) is 18.1 Å². The molecule has 1 aliphatic rings. The highest BCUT2D eigenvalue weighted by Crippen LogP contribution is 2.03. The number of methoxy groups -OCH3 is 1. The van der Waals surface area contributed by atoms with Gasteiger partial charge in [0.1, 0.15) is 6.04 Å². The summed E-state index contributed by atoms with van der Waals surface area (Å²) in [7, 11) is 1.39. The predicted octanol–water partition coefficient (Wildman–Crippen LogP) is -0.0736. The number of hydrogen-bond donors (Lipinski definition) is 1. The minimum absolute atomic E-state index is 0.242. The molecular weight excluding hydrogens is 158 g/mol. The first-order valence-electron chi connectivity index (χ1n) is 4.19. The van der Waals surface area contributed by atoms with Gasteiger partial charge in [-0.05, 0) is 6.42 Å². The van der Waals surface area contributed by atoms with Crippen LogP contribution in [0.15, 0.2) is 0 Å². The molecule has 0 radical (unpaired) electrons. The second-order valence-corrected chi connectivity index (χ2v) is 2.89. The van der Waals surface area contributed by atoms with E-state index in [1.807, 2.05) is 0 Å². The van der Waals surface area contributed by atoms with Crippen LogP contribution in [0.25, 0.3) is 0 Å². The lowest BCUT2D eigenvalue weighted by Crippen LogP contribution is -2.52. The second kappa shape index (κ2) is 4.42. The molecule has 2 atom stereocenters. The lowest BCUT2D eigenvalue weighted by Gasteiger charge is -2.28. The summed E-state index contributed by atoms with van der Waals surface area (Å²) in [4.78, 5) is 11.1. The van der Waals surface area contributed by atoms with E-state index >= 15 is 0 Å². The average molecular weight is 173 g/mol. The second-order valence-electron chi connectivity index (χ2n) is 2.89. The zero-order valence-corrected chi connectivity index (χ0v) is 7.50. The fourth-order valence-electron chi connectivity index (χ4n) is 1.22.